The minimum atomic E-state index is -3.66. The number of sulfonamides is 1. The van der Waals surface area contributed by atoms with Gasteiger partial charge in [-0.2, -0.15) is 4.31 Å². The maximum atomic E-state index is 13.4. The van der Waals surface area contributed by atoms with Gasteiger partial charge in [-0.05, 0) is 54.6 Å². The van der Waals surface area contributed by atoms with Gasteiger partial charge < -0.3 is 5.32 Å². The van der Waals surface area contributed by atoms with Crippen LogP contribution in [0.4, 0.5) is 10.1 Å². The van der Waals surface area contributed by atoms with Gasteiger partial charge in [0.25, 0.3) is 5.91 Å². The maximum Gasteiger partial charge on any atom is 0.256 e. The van der Waals surface area contributed by atoms with Crippen LogP contribution < -0.4 is 5.32 Å². The molecule has 34 heavy (non-hydrogen) atoms. The molecule has 1 N–H and O–H groups in total. The fourth-order valence-corrected chi connectivity index (χ4v) is 5.28. The summed E-state index contributed by atoms with van der Waals surface area (Å²) in [6, 6.07) is 21.0. The molecule has 0 fully saturated rings. The van der Waals surface area contributed by atoms with E-state index in [-0.39, 0.29) is 10.7 Å². The van der Waals surface area contributed by atoms with Crippen molar-refractivity contribution in [2.75, 3.05) is 18.4 Å². The Hall–Kier alpha value is -3.62. The van der Waals surface area contributed by atoms with Gasteiger partial charge in [-0.15, -0.1) is 0 Å². The number of pyridine rings is 1. The Labute approximate surface area is 198 Å². The maximum absolute atomic E-state index is 13.4. The highest BCUT2D eigenvalue weighted by atomic mass is 32.2. The number of para-hydroxylation sites is 1. The van der Waals surface area contributed by atoms with Gasteiger partial charge in [-0.1, -0.05) is 38.1 Å². The van der Waals surface area contributed by atoms with Crippen molar-refractivity contribution in [2.45, 2.75) is 18.7 Å². The van der Waals surface area contributed by atoms with Crippen LogP contribution in [0.3, 0.4) is 0 Å². The second kappa shape index (κ2) is 9.70. The molecule has 0 aliphatic carbocycles. The molecule has 4 rings (SSSR count). The number of anilines is 1. The van der Waals surface area contributed by atoms with Crippen LogP contribution in [0.25, 0.3) is 22.2 Å². The van der Waals surface area contributed by atoms with Crippen LogP contribution >= 0.6 is 0 Å². The lowest BCUT2D eigenvalue weighted by molar-refractivity contribution is 0.102. The minimum absolute atomic E-state index is 0.112. The molecule has 6 nitrogen and oxygen atoms in total. The van der Waals surface area contributed by atoms with Crippen LogP contribution in [0.1, 0.15) is 24.2 Å². The molecular weight excluding hydrogens is 453 g/mol. The zero-order valence-corrected chi connectivity index (χ0v) is 19.6. The lowest BCUT2D eigenvalue weighted by Crippen LogP contribution is -2.30. The monoisotopic (exact) mass is 477 g/mol. The average molecular weight is 478 g/mol. The number of rotatable bonds is 7. The molecule has 0 aliphatic rings. The van der Waals surface area contributed by atoms with Crippen LogP contribution in [0.5, 0.6) is 0 Å². The quantitative estimate of drug-likeness (QED) is 0.391. The van der Waals surface area contributed by atoms with Crippen LogP contribution in [0, 0.1) is 5.82 Å². The molecule has 0 unspecified atom stereocenters. The lowest BCUT2D eigenvalue weighted by atomic mass is 10.0. The third kappa shape index (κ3) is 4.69. The number of carbonyl (C=O) groups is 1. The molecule has 0 aliphatic heterocycles. The van der Waals surface area contributed by atoms with Crippen molar-refractivity contribution in [2.24, 2.45) is 0 Å². The zero-order chi connectivity index (χ0) is 24.3. The van der Waals surface area contributed by atoms with E-state index in [9.17, 15) is 17.6 Å². The number of carbonyl (C=O) groups excluding carboxylic acids is 1. The van der Waals surface area contributed by atoms with Crippen molar-refractivity contribution in [1.82, 2.24) is 9.29 Å². The number of hydrogen-bond donors (Lipinski definition) is 1. The van der Waals surface area contributed by atoms with Crippen molar-refractivity contribution >= 4 is 32.5 Å². The van der Waals surface area contributed by atoms with Crippen LogP contribution in [0.15, 0.2) is 83.8 Å². The van der Waals surface area contributed by atoms with E-state index in [1.165, 1.54) is 28.6 Å². The number of halogens is 1. The number of nitrogens with one attached hydrogen (secondary N) is 1. The summed E-state index contributed by atoms with van der Waals surface area (Å²) >= 11 is 0. The number of hydrogen-bond acceptors (Lipinski definition) is 4. The summed E-state index contributed by atoms with van der Waals surface area (Å²) in [7, 11) is -3.66. The number of amides is 1. The number of nitrogens with zero attached hydrogens (tertiary/aromatic N) is 2. The molecule has 0 atom stereocenters. The molecule has 1 aromatic heterocycles. The molecule has 174 valence electrons. The molecule has 0 radical (unpaired) electrons. The van der Waals surface area contributed by atoms with Gasteiger partial charge in [0.1, 0.15) is 5.82 Å². The topological polar surface area (TPSA) is 79.4 Å². The van der Waals surface area contributed by atoms with E-state index in [4.69, 9.17) is 0 Å². The molecule has 0 bridgehead atoms. The third-order valence-electron chi connectivity index (χ3n) is 5.54. The van der Waals surface area contributed by atoms with E-state index in [0.29, 0.717) is 46.5 Å². The zero-order valence-electron chi connectivity index (χ0n) is 18.8. The lowest BCUT2D eigenvalue weighted by Gasteiger charge is -2.19. The highest BCUT2D eigenvalue weighted by Crippen LogP contribution is 2.26. The van der Waals surface area contributed by atoms with E-state index in [0.717, 1.165) is 0 Å². The number of aromatic nitrogens is 1. The van der Waals surface area contributed by atoms with E-state index >= 15 is 0 Å². The first-order chi connectivity index (χ1) is 16.3. The summed E-state index contributed by atoms with van der Waals surface area (Å²) in [5.41, 5.74) is 2.56. The molecule has 1 amide bonds. The Morgan fingerprint density at radius 3 is 2.35 bits per heavy atom. The summed E-state index contributed by atoms with van der Waals surface area (Å²) in [6.45, 7) is 4.26. The van der Waals surface area contributed by atoms with Crippen molar-refractivity contribution in [1.29, 1.82) is 0 Å². The Morgan fingerprint density at radius 2 is 1.65 bits per heavy atom. The first-order valence-corrected chi connectivity index (χ1v) is 12.3. The van der Waals surface area contributed by atoms with Crippen LogP contribution in [-0.4, -0.2) is 36.7 Å². The van der Waals surface area contributed by atoms with Gasteiger partial charge >= 0.3 is 0 Å². The predicted octanol–water partition coefficient (Wildman–Crippen LogP) is 5.32. The predicted molar refractivity (Wildman–Crippen MR) is 132 cm³/mol. The van der Waals surface area contributed by atoms with Crippen molar-refractivity contribution in [3.8, 4) is 11.3 Å². The van der Waals surface area contributed by atoms with Gasteiger partial charge in [-0.25, -0.2) is 17.8 Å². The summed E-state index contributed by atoms with van der Waals surface area (Å²) in [5, 5.41) is 3.47. The standard InChI is InChI=1S/C26H24FN3O3S/c1-3-30(4-2)34(32,33)21-9-7-8-20(16-21)28-26(31)23-17-25(18-12-14-19(27)15-13-18)29-24-11-6-5-10-22(23)24/h5-17H,3-4H2,1-2H3,(H,28,31). The Kier molecular flexibility index (Phi) is 6.72. The van der Waals surface area contributed by atoms with E-state index in [2.05, 4.69) is 10.3 Å². The highest BCUT2D eigenvalue weighted by molar-refractivity contribution is 7.89. The second-order valence-corrected chi connectivity index (χ2v) is 9.59. The van der Waals surface area contributed by atoms with Crippen molar-refractivity contribution in [3.63, 3.8) is 0 Å². The largest absolute Gasteiger partial charge is 0.322 e. The fraction of sp³-hybridized carbons (Fsp3) is 0.154. The van der Waals surface area contributed by atoms with Gasteiger partial charge in [0.2, 0.25) is 10.0 Å². The van der Waals surface area contributed by atoms with Crippen LogP contribution in [-0.2, 0) is 10.0 Å². The summed E-state index contributed by atoms with van der Waals surface area (Å²) in [4.78, 5) is 18.0. The third-order valence-corrected chi connectivity index (χ3v) is 7.58. The normalized spacial score (nSPS) is 11.6. The molecule has 0 spiro atoms. The van der Waals surface area contributed by atoms with E-state index < -0.39 is 15.9 Å². The summed E-state index contributed by atoms with van der Waals surface area (Å²) in [5.74, 6) is -0.763. The van der Waals surface area contributed by atoms with E-state index in [1.807, 2.05) is 12.1 Å². The second-order valence-electron chi connectivity index (χ2n) is 7.65. The van der Waals surface area contributed by atoms with Crippen LogP contribution in [0.2, 0.25) is 0 Å². The molecule has 4 aromatic rings. The van der Waals surface area contributed by atoms with Gasteiger partial charge in [0.05, 0.1) is 21.7 Å². The summed E-state index contributed by atoms with van der Waals surface area (Å²) < 4.78 is 40.5. The SMILES string of the molecule is CCN(CC)S(=O)(=O)c1cccc(NC(=O)c2cc(-c3ccc(F)cc3)nc3ccccc23)c1. The molecular formula is C26H24FN3O3S. The highest BCUT2D eigenvalue weighted by Gasteiger charge is 2.22. The van der Waals surface area contributed by atoms with Gasteiger partial charge in [0.15, 0.2) is 0 Å². The smallest absolute Gasteiger partial charge is 0.256 e. The summed E-state index contributed by atoms with van der Waals surface area (Å²) in [6.07, 6.45) is 0. The van der Waals surface area contributed by atoms with Gasteiger partial charge in [0, 0.05) is 29.7 Å². The minimum Gasteiger partial charge on any atom is -0.322 e. The van der Waals surface area contributed by atoms with Crippen molar-refractivity contribution < 1.29 is 17.6 Å². The van der Waals surface area contributed by atoms with Crippen molar-refractivity contribution in [3.05, 3.63) is 90.2 Å². The molecule has 8 heteroatoms. The molecule has 1 heterocycles. The number of benzene rings is 3. The Bertz CT molecular complexity index is 1450. The first-order valence-electron chi connectivity index (χ1n) is 10.9. The first kappa shape index (κ1) is 23.5. The van der Waals surface area contributed by atoms with E-state index in [1.54, 1.807) is 56.3 Å². The fourth-order valence-electron chi connectivity index (χ4n) is 3.78. The number of fused-ring (bicyclic) bond motifs is 1. The molecule has 0 saturated carbocycles. The Balaban J connectivity index is 1.72. The van der Waals surface area contributed by atoms with Gasteiger partial charge in [-0.3, -0.25) is 4.79 Å². The molecule has 0 saturated heterocycles. The molecule has 3 aromatic carbocycles. The average Bonchev–Trinajstić information content (AvgIpc) is 2.84. The Morgan fingerprint density at radius 1 is 0.941 bits per heavy atom.